The molecule has 1 aliphatic rings. The minimum atomic E-state index is 0.281. The molecule has 1 aromatic carbocycles. The smallest absolute Gasteiger partial charge is 0.191 e. The largest absolute Gasteiger partial charge is 0.357 e. The maximum atomic E-state index is 4.76. The second-order valence-corrected chi connectivity index (χ2v) is 9.06. The molecular weight excluding hydrogens is 392 g/mol. The van der Waals surface area contributed by atoms with Gasteiger partial charge in [-0.15, -0.1) is 11.8 Å². The van der Waals surface area contributed by atoms with Gasteiger partial charge in [0.05, 0.1) is 6.54 Å². The molecule has 3 aromatic rings. The van der Waals surface area contributed by atoms with Crippen molar-refractivity contribution in [2.45, 2.75) is 42.9 Å². The van der Waals surface area contributed by atoms with E-state index in [2.05, 4.69) is 63.9 Å². The quantitative estimate of drug-likeness (QED) is 0.427. The Bertz CT molecular complexity index is 976. The van der Waals surface area contributed by atoms with Crippen LogP contribution in [0.25, 0.3) is 5.82 Å². The Labute approximate surface area is 182 Å². The second kappa shape index (κ2) is 9.34. The van der Waals surface area contributed by atoms with E-state index in [4.69, 9.17) is 4.99 Å². The van der Waals surface area contributed by atoms with E-state index in [9.17, 15) is 0 Å². The minimum Gasteiger partial charge on any atom is -0.357 e. The predicted octanol–water partition coefficient (Wildman–Crippen LogP) is 3.96. The molecule has 6 nitrogen and oxygen atoms in total. The summed E-state index contributed by atoms with van der Waals surface area (Å²) >= 11 is 1.97. The first-order chi connectivity index (χ1) is 14.7. The van der Waals surface area contributed by atoms with Crippen LogP contribution in [0.4, 0.5) is 0 Å². The number of nitrogens with zero attached hydrogens (tertiary/aromatic N) is 4. The van der Waals surface area contributed by atoms with Gasteiger partial charge in [0.15, 0.2) is 5.96 Å². The number of rotatable bonds is 8. The third kappa shape index (κ3) is 5.21. The summed E-state index contributed by atoms with van der Waals surface area (Å²) in [7, 11) is 0. The first kappa shape index (κ1) is 20.5. The molecule has 1 aliphatic carbocycles. The van der Waals surface area contributed by atoms with Gasteiger partial charge in [0.25, 0.3) is 0 Å². The monoisotopic (exact) mass is 420 g/mol. The highest BCUT2D eigenvalue weighted by molar-refractivity contribution is 8.01. The summed E-state index contributed by atoms with van der Waals surface area (Å²) in [6.45, 7) is 6.39. The number of hydrogen-bond donors (Lipinski definition) is 2. The average Bonchev–Trinajstić information content (AvgIpc) is 3.40. The molecule has 30 heavy (non-hydrogen) atoms. The van der Waals surface area contributed by atoms with Crippen molar-refractivity contribution in [1.29, 1.82) is 0 Å². The van der Waals surface area contributed by atoms with E-state index in [-0.39, 0.29) is 4.75 Å². The maximum Gasteiger partial charge on any atom is 0.191 e. The number of aryl methyl sites for hydroxylation is 1. The lowest BCUT2D eigenvalue weighted by Gasteiger charge is -2.18. The Morgan fingerprint density at radius 2 is 1.97 bits per heavy atom. The van der Waals surface area contributed by atoms with Crippen molar-refractivity contribution in [3.8, 4) is 5.82 Å². The lowest BCUT2D eigenvalue weighted by molar-refractivity contribution is 0.769. The Morgan fingerprint density at radius 1 is 1.13 bits per heavy atom. The molecule has 0 unspecified atom stereocenters. The topological polar surface area (TPSA) is 67.1 Å². The number of nitrogens with one attached hydrogen (secondary N) is 2. The number of benzene rings is 1. The molecule has 2 heterocycles. The van der Waals surface area contributed by atoms with Crippen LogP contribution in [-0.4, -0.2) is 38.3 Å². The number of guanidine groups is 1. The molecule has 1 fully saturated rings. The zero-order valence-electron chi connectivity index (χ0n) is 17.5. The summed E-state index contributed by atoms with van der Waals surface area (Å²) in [5.74, 6) is 2.65. The average molecular weight is 421 g/mol. The molecule has 2 N–H and O–H groups in total. The number of pyridine rings is 1. The van der Waals surface area contributed by atoms with Crippen LogP contribution in [0.15, 0.2) is 70.9 Å². The van der Waals surface area contributed by atoms with Gasteiger partial charge in [-0.1, -0.05) is 24.3 Å². The van der Waals surface area contributed by atoms with Crippen LogP contribution in [0.2, 0.25) is 0 Å². The molecule has 0 aliphatic heterocycles. The number of hydrogen-bond acceptors (Lipinski definition) is 4. The number of aliphatic imine (C=N–C) groups is 1. The molecule has 0 saturated heterocycles. The Hall–Kier alpha value is -2.80. The fourth-order valence-electron chi connectivity index (χ4n) is 3.22. The molecule has 0 radical (unpaired) electrons. The Morgan fingerprint density at radius 3 is 2.60 bits per heavy atom. The minimum absolute atomic E-state index is 0.281. The van der Waals surface area contributed by atoms with Crippen molar-refractivity contribution in [3.63, 3.8) is 0 Å². The highest BCUT2D eigenvalue weighted by atomic mass is 32.2. The van der Waals surface area contributed by atoms with E-state index in [0.29, 0.717) is 6.54 Å². The zero-order chi connectivity index (χ0) is 20.8. The first-order valence-electron chi connectivity index (χ1n) is 10.4. The Kier molecular flexibility index (Phi) is 6.38. The van der Waals surface area contributed by atoms with Crippen molar-refractivity contribution < 1.29 is 0 Å². The molecule has 0 spiro atoms. The van der Waals surface area contributed by atoms with E-state index in [0.717, 1.165) is 36.3 Å². The highest BCUT2D eigenvalue weighted by Crippen LogP contribution is 2.51. The fraction of sp³-hybridized carbons (Fsp3) is 0.348. The molecule has 7 heteroatoms. The molecule has 4 rings (SSSR count). The highest BCUT2D eigenvalue weighted by Gasteiger charge is 2.43. The SMILES string of the molecule is CCNC(=NCc1ccc(-n2ccnc2C)nc1)NCC1(Sc2ccccc2)CC1. The second-order valence-electron chi connectivity index (χ2n) is 7.52. The van der Waals surface area contributed by atoms with Crippen LogP contribution in [-0.2, 0) is 6.54 Å². The number of imidazole rings is 1. The van der Waals surface area contributed by atoms with Gasteiger partial charge in [-0.25, -0.2) is 15.0 Å². The standard InChI is InChI=1S/C23H28N6S/c1-3-24-22(28-17-23(11-12-23)30-20-7-5-4-6-8-20)27-16-19-9-10-21(26-15-19)29-14-13-25-18(29)2/h4-10,13-15H,3,11-12,16-17H2,1-2H3,(H2,24,27,28). The van der Waals surface area contributed by atoms with Crippen LogP contribution < -0.4 is 10.6 Å². The van der Waals surface area contributed by atoms with E-state index < -0.39 is 0 Å². The molecule has 0 amide bonds. The summed E-state index contributed by atoms with van der Waals surface area (Å²) in [5, 5.41) is 6.90. The first-order valence-corrected chi connectivity index (χ1v) is 11.2. The fourth-order valence-corrected chi connectivity index (χ4v) is 4.47. The summed E-state index contributed by atoms with van der Waals surface area (Å²) < 4.78 is 2.25. The van der Waals surface area contributed by atoms with Gasteiger partial charge in [0, 0.05) is 41.3 Å². The van der Waals surface area contributed by atoms with Gasteiger partial charge in [-0.3, -0.25) is 4.57 Å². The lowest BCUT2D eigenvalue weighted by atomic mass is 10.3. The summed E-state index contributed by atoms with van der Waals surface area (Å²) in [5.41, 5.74) is 1.08. The van der Waals surface area contributed by atoms with Gasteiger partial charge in [0.1, 0.15) is 11.6 Å². The van der Waals surface area contributed by atoms with Gasteiger partial charge < -0.3 is 10.6 Å². The van der Waals surface area contributed by atoms with Crippen molar-refractivity contribution >= 4 is 17.7 Å². The van der Waals surface area contributed by atoms with Crippen molar-refractivity contribution in [3.05, 3.63) is 72.4 Å². The Balaban J connectivity index is 1.35. The van der Waals surface area contributed by atoms with Gasteiger partial charge in [0.2, 0.25) is 0 Å². The van der Waals surface area contributed by atoms with Gasteiger partial charge >= 0.3 is 0 Å². The summed E-state index contributed by atoms with van der Waals surface area (Å²) in [6, 6.07) is 14.7. The van der Waals surface area contributed by atoms with Gasteiger partial charge in [-0.2, -0.15) is 0 Å². The van der Waals surface area contributed by atoms with Gasteiger partial charge in [-0.05, 0) is 50.5 Å². The lowest BCUT2D eigenvalue weighted by Crippen LogP contribution is -2.41. The maximum absolute atomic E-state index is 4.76. The van der Waals surface area contributed by atoms with Crippen LogP contribution in [0.1, 0.15) is 31.2 Å². The third-order valence-electron chi connectivity index (χ3n) is 5.11. The zero-order valence-corrected chi connectivity index (χ0v) is 18.3. The van der Waals surface area contributed by atoms with Crippen molar-refractivity contribution in [2.75, 3.05) is 13.1 Å². The molecule has 2 aromatic heterocycles. The van der Waals surface area contributed by atoms with Crippen LogP contribution >= 0.6 is 11.8 Å². The van der Waals surface area contributed by atoms with Crippen LogP contribution in [0, 0.1) is 6.92 Å². The van der Waals surface area contributed by atoms with Crippen molar-refractivity contribution in [1.82, 2.24) is 25.2 Å². The normalized spacial score (nSPS) is 15.1. The molecular formula is C23H28N6S. The molecule has 0 bridgehead atoms. The molecule has 0 atom stereocenters. The predicted molar refractivity (Wildman–Crippen MR) is 123 cm³/mol. The van der Waals surface area contributed by atoms with E-state index >= 15 is 0 Å². The molecule has 156 valence electrons. The summed E-state index contributed by atoms with van der Waals surface area (Å²) in [6.07, 6.45) is 8.06. The third-order valence-corrected chi connectivity index (χ3v) is 6.60. The van der Waals surface area contributed by atoms with E-state index in [1.807, 2.05) is 41.7 Å². The van der Waals surface area contributed by atoms with Crippen molar-refractivity contribution in [2.24, 2.45) is 4.99 Å². The van der Waals surface area contributed by atoms with Crippen LogP contribution in [0.5, 0.6) is 0 Å². The molecule has 1 saturated carbocycles. The van der Waals surface area contributed by atoms with Crippen LogP contribution in [0.3, 0.4) is 0 Å². The summed E-state index contributed by atoms with van der Waals surface area (Å²) in [4.78, 5) is 14.9. The van der Waals surface area contributed by atoms with E-state index in [1.165, 1.54) is 17.7 Å². The van der Waals surface area contributed by atoms with E-state index in [1.54, 1.807) is 6.20 Å². The number of thioether (sulfide) groups is 1. The number of aromatic nitrogens is 3.